The monoisotopic (exact) mass is 344 g/mol. The highest BCUT2D eigenvalue weighted by Crippen LogP contribution is 2.44. The van der Waals surface area contributed by atoms with Crippen LogP contribution < -0.4 is 4.90 Å². The first-order valence-corrected chi connectivity index (χ1v) is 8.38. The Hall–Kier alpha value is -2.11. The average Bonchev–Trinajstić information content (AvgIpc) is 2.93. The van der Waals surface area contributed by atoms with E-state index in [-0.39, 0.29) is 16.2 Å². The number of fused-ring (bicyclic) bond motifs is 2. The first kappa shape index (κ1) is 15.4. The highest BCUT2D eigenvalue weighted by molar-refractivity contribution is 6.30. The molecule has 5 nitrogen and oxygen atoms in total. The van der Waals surface area contributed by atoms with Crippen molar-refractivity contribution in [2.75, 3.05) is 24.6 Å². The van der Waals surface area contributed by atoms with Crippen LogP contribution in [0.1, 0.15) is 17.5 Å². The molecule has 2 aromatic carbocycles. The second-order valence-electron chi connectivity index (χ2n) is 6.31. The van der Waals surface area contributed by atoms with Crippen molar-refractivity contribution in [3.63, 3.8) is 0 Å². The van der Waals surface area contributed by atoms with E-state index in [1.54, 1.807) is 12.1 Å². The molecule has 6 heteroatoms. The van der Waals surface area contributed by atoms with E-state index in [0.29, 0.717) is 30.4 Å². The number of ether oxygens (including phenoxy) is 1. The molecule has 0 radical (unpaired) electrons. The molecule has 0 aromatic heterocycles. The standard InChI is InChI=1S/C18H17ClN2O3/c19-14-5-6-16(17(11-14)21(22)23)20-9-10-24-18(12-20)8-7-13-3-1-2-4-15(13)18/h1-6,11H,7-10,12H2. The summed E-state index contributed by atoms with van der Waals surface area (Å²) in [5.41, 5.74) is 2.81. The Labute approximate surface area is 144 Å². The van der Waals surface area contributed by atoms with Gasteiger partial charge in [-0.25, -0.2) is 0 Å². The molecule has 1 unspecified atom stereocenters. The summed E-state index contributed by atoms with van der Waals surface area (Å²) < 4.78 is 6.19. The van der Waals surface area contributed by atoms with E-state index >= 15 is 0 Å². The summed E-state index contributed by atoms with van der Waals surface area (Å²) in [6, 6.07) is 13.2. The van der Waals surface area contributed by atoms with Gasteiger partial charge >= 0.3 is 0 Å². The molecule has 0 N–H and O–H groups in total. The Balaban J connectivity index is 1.71. The van der Waals surface area contributed by atoms with Crippen LogP contribution in [0.5, 0.6) is 0 Å². The molecule has 1 spiro atoms. The number of nitrogens with zero attached hydrogens (tertiary/aromatic N) is 2. The third kappa shape index (κ3) is 2.44. The van der Waals surface area contributed by atoms with E-state index in [0.717, 1.165) is 12.8 Å². The Morgan fingerprint density at radius 3 is 2.92 bits per heavy atom. The van der Waals surface area contributed by atoms with E-state index < -0.39 is 0 Å². The predicted octanol–water partition coefficient (Wildman–Crippen LogP) is 3.93. The topological polar surface area (TPSA) is 55.6 Å². The van der Waals surface area contributed by atoms with Gasteiger partial charge < -0.3 is 9.64 Å². The summed E-state index contributed by atoms with van der Waals surface area (Å²) in [6.45, 7) is 1.80. The minimum absolute atomic E-state index is 0.0471. The third-order valence-electron chi connectivity index (χ3n) is 4.97. The molecule has 1 aliphatic carbocycles. The number of hydrogen-bond acceptors (Lipinski definition) is 4. The molecule has 1 heterocycles. The number of halogens is 1. The average molecular weight is 345 g/mol. The normalized spacial score (nSPS) is 22.6. The first-order chi connectivity index (χ1) is 11.6. The van der Waals surface area contributed by atoms with Crippen molar-refractivity contribution in [2.45, 2.75) is 18.4 Å². The molecule has 4 rings (SSSR count). The Bertz CT molecular complexity index is 807. The van der Waals surface area contributed by atoms with E-state index in [1.165, 1.54) is 17.2 Å². The van der Waals surface area contributed by atoms with Crippen molar-refractivity contribution in [1.29, 1.82) is 0 Å². The summed E-state index contributed by atoms with van der Waals surface area (Å²) in [4.78, 5) is 13.1. The van der Waals surface area contributed by atoms with Crippen LogP contribution in [0.3, 0.4) is 0 Å². The largest absolute Gasteiger partial charge is 0.367 e. The van der Waals surface area contributed by atoms with Crippen LogP contribution in [-0.4, -0.2) is 24.6 Å². The predicted molar refractivity (Wildman–Crippen MR) is 92.7 cm³/mol. The van der Waals surface area contributed by atoms with Crippen LogP contribution in [0.15, 0.2) is 42.5 Å². The van der Waals surface area contributed by atoms with Crippen LogP contribution in [-0.2, 0) is 16.8 Å². The van der Waals surface area contributed by atoms with Gasteiger partial charge in [-0.05, 0) is 36.1 Å². The zero-order valence-corrected chi connectivity index (χ0v) is 13.8. The number of morpholine rings is 1. The van der Waals surface area contributed by atoms with Crippen molar-refractivity contribution in [2.24, 2.45) is 0 Å². The molecular formula is C18H17ClN2O3. The molecule has 1 aliphatic heterocycles. The number of benzene rings is 2. The summed E-state index contributed by atoms with van der Waals surface area (Å²) in [5, 5.41) is 11.8. The fraction of sp³-hybridized carbons (Fsp3) is 0.333. The molecular weight excluding hydrogens is 328 g/mol. The van der Waals surface area contributed by atoms with Gasteiger partial charge in [-0.1, -0.05) is 35.9 Å². The van der Waals surface area contributed by atoms with Gasteiger partial charge in [0.1, 0.15) is 11.3 Å². The highest BCUT2D eigenvalue weighted by atomic mass is 35.5. The number of anilines is 1. The maximum Gasteiger partial charge on any atom is 0.294 e. The molecule has 0 amide bonds. The minimum Gasteiger partial charge on any atom is -0.367 e. The lowest BCUT2D eigenvalue weighted by Crippen LogP contribution is -2.49. The maximum absolute atomic E-state index is 11.4. The van der Waals surface area contributed by atoms with Gasteiger partial charge in [0, 0.05) is 17.6 Å². The van der Waals surface area contributed by atoms with E-state index in [2.05, 4.69) is 17.0 Å². The second kappa shape index (κ2) is 5.76. The smallest absolute Gasteiger partial charge is 0.294 e. The SMILES string of the molecule is O=[N+]([O-])c1cc(Cl)ccc1N1CCOC2(CCc3ccccc32)C1. The van der Waals surface area contributed by atoms with Crippen LogP contribution in [0.4, 0.5) is 11.4 Å². The van der Waals surface area contributed by atoms with Gasteiger partial charge in [-0.3, -0.25) is 10.1 Å². The van der Waals surface area contributed by atoms with Gasteiger partial charge in [-0.2, -0.15) is 0 Å². The quantitative estimate of drug-likeness (QED) is 0.612. The van der Waals surface area contributed by atoms with Crippen molar-refractivity contribution in [3.05, 3.63) is 68.7 Å². The number of rotatable bonds is 2. The zero-order valence-electron chi connectivity index (χ0n) is 13.1. The highest BCUT2D eigenvalue weighted by Gasteiger charge is 2.44. The van der Waals surface area contributed by atoms with Gasteiger partial charge in [0.25, 0.3) is 5.69 Å². The van der Waals surface area contributed by atoms with Gasteiger partial charge in [0.05, 0.1) is 18.1 Å². The molecule has 0 saturated carbocycles. The Morgan fingerprint density at radius 2 is 2.08 bits per heavy atom. The third-order valence-corrected chi connectivity index (χ3v) is 5.20. The summed E-state index contributed by atoms with van der Waals surface area (Å²) in [5.74, 6) is 0. The van der Waals surface area contributed by atoms with Gasteiger partial charge in [0.15, 0.2) is 0 Å². The van der Waals surface area contributed by atoms with Crippen LogP contribution >= 0.6 is 11.6 Å². The molecule has 0 bridgehead atoms. The summed E-state index contributed by atoms with van der Waals surface area (Å²) >= 11 is 5.94. The number of nitro groups is 1. The van der Waals surface area contributed by atoms with Gasteiger partial charge in [0.2, 0.25) is 0 Å². The molecule has 2 aromatic rings. The fourth-order valence-corrected chi connectivity index (χ4v) is 4.03. The van der Waals surface area contributed by atoms with Crippen molar-refractivity contribution in [1.82, 2.24) is 0 Å². The molecule has 2 aliphatic rings. The number of aryl methyl sites for hydroxylation is 1. The summed E-state index contributed by atoms with van der Waals surface area (Å²) in [6.07, 6.45) is 1.89. The number of hydrogen-bond donors (Lipinski definition) is 0. The number of nitro benzene ring substituents is 1. The summed E-state index contributed by atoms with van der Waals surface area (Å²) in [7, 11) is 0. The lowest BCUT2D eigenvalue weighted by atomic mass is 9.93. The van der Waals surface area contributed by atoms with Crippen molar-refractivity contribution < 1.29 is 9.66 Å². The maximum atomic E-state index is 11.4. The second-order valence-corrected chi connectivity index (χ2v) is 6.75. The van der Waals surface area contributed by atoms with E-state index in [1.807, 2.05) is 12.1 Å². The lowest BCUT2D eigenvalue weighted by molar-refractivity contribution is -0.384. The Kier molecular flexibility index (Phi) is 3.70. The van der Waals surface area contributed by atoms with E-state index in [9.17, 15) is 10.1 Å². The lowest BCUT2D eigenvalue weighted by Gasteiger charge is -2.42. The van der Waals surface area contributed by atoms with Crippen LogP contribution in [0.2, 0.25) is 5.02 Å². The fourth-order valence-electron chi connectivity index (χ4n) is 3.87. The Morgan fingerprint density at radius 1 is 1.25 bits per heavy atom. The molecule has 1 atom stereocenters. The van der Waals surface area contributed by atoms with Crippen LogP contribution in [0, 0.1) is 10.1 Å². The van der Waals surface area contributed by atoms with Crippen molar-refractivity contribution >= 4 is 23.0 Å². The first-order valence-electron chi connectivity index (χ1n) is 8.00. The zero-order chi connectivity index (χ0) is 16.7. The molecule has 1 saturated heterocycles. The molecule has 124 valence electrons. The molecule has 1 fully saturated rings. The van der Waals surface area contributed by atoms with Gasteiger partial charge in [-0.15, -0.1) is 0 Å². The minimum atomic E-state index is -0.373. The van der Waals surface area contributed by atoms with Crippen LogP contribution in [0.25, 0.3) is 0 Å². The van der Waals surface area contributed by atoms with Crippen molar-refractivity contribution in [3.8, 4) is 0 Å². The van der Waals surface area contributed by atoms with E-state index in [4.69, 9.17) is 16.3 Å². The molecule has 24 heavy (non-hydrogen) atoms.